The maximum atomic E-state index is 12.0. The molecule has 0 aliphatic carbocycles. The minimum absolute atomic E-state index is 0.0456. The second-order valence-electron chi connectivity index (χ2n) is 2.84. The first-order chi connectivity index (χ1) is 8.15. The zero-order chi connectivity index (χ0) is 12.3. The summed E-state index contributed by atoms with van der Waals surface area (Å²) in [4.78, 5) is 15.0. The van der Waals surface area contributed by atoms with Crippen molar-refractivity contribution in [3.8, 4) is 5.95 Å². The van der Waals surface area contributed by atoms with Gasteiger partial charge in [-0.2, -0.15) is 24.7 Å². The van der Waals surface area contributed by atoms with Gasteiger partial charge in [0.15, 0.2) is 0 Å². The van der Waals surface area contributed by atoms with Crippen LogP contribution in [0.15, 0.2) is 12.7 Å². The highest BCUT2D eigenvalue weighted by atomic mass is 35.5. The van der Waals surface area contributed by atoms with Crippen LogP contribution in [0.4, 0.5) is 14.7 Å². The van der Waals surface area contributed by atoms with Gasteiger partial charge in [0, 0.05) is 0 Å². The first kappa shape index (κ1) is 11.6. The van der Waals surface area contributed by atoms with E-state index in [-0.39, 0.29) is 17.2 Å². The van der Waals surface area contributed by atoms with Gasteiger partial charge in [0.25, 0.3) is 12.4 Å². The molecule has 0 radical (unpaired) electrons. The lowest BCUT2D eigenvalue weighted by Crippen LogP contribution is -2.14. The van der Waals surface area contributed by atoms with Gasteiger partial charge in [-0.3, -0.25) is 0 Å². The Bertz CT molecular complexity index is 489. The van der Waals surface area contributed by atoms with Crippen LogP contribution >= 0.6 is 11.6 Å². The van der Waals surface area contributed by atoms with Crippen LogP contribution in [0.2, 0.25) is 5.28 Å². The molecule has 0 spiro atoms. The normalized spacial score (nSPS) is 10.8. The summed E-state index contributed by atoms with van der Waals surface area (Å²) in [5, 5.41) is 5.99. The Morgan fingerprint density at radius 2 is 2.18 bits per heavy atom. The smallest absolute Gasteiger partial charge is 0.258 e. The molecule has 90 valence electrons. The van der Waals surface area contributed by atoms with Gasteiger partial charge < -0.3 is 5.32 Å². The molecule has 7 nitrogen and oxygen atoms in total. The lowest BCUT2D eigenvalue weighted by molar-refractivity contribution is 0.163. The van der Waals surface area contributed by atoms with Crippen molar-refractivity contribution in [2.24, 2.45) is 0 Å². The SMILES string of the molecule is FC(F)CNc1nc(Cl)nc(-n2cncn2)n1. The van der Waals surface area contributed by atoms with E-state index in [1.807, 2.05) is 0 Å². The van der Waals surface area contributed by atoms with Gasteiger partial charge in [-0.05, 0) is 11.6 Å². The first-order valence-corrected chi connectivity index (χ1v) is 4.81. The summed E-state index contributed by atoms with van der Waals surface area (Å²) in [7, 11) is 0. The van der Waals surface area contributed by atoms with Gasteiger partial charge in [-0.1, -0.05) is 0 Å². The van der Waals surface area contributed by atoms with E-state index in [1.54, 1.807) is 0 Å². The summed E-state index contributed by atoms with van der Waals surface area (Å²) in [5.74, 6) is 0.0510. The van der Waals surface area contributed by atoms with E-state index < -0.39 is 13.0 Å². The molecule has 0 saturated heterocycles. The molecule has 0 aromatic carbocycles. The third-order valence-corrected chi connectivity index (χ3v) is 1.80. The maximum absolute atomic E-state index is 12.0. The summed E-state index contributed by atoms with van der Waals surface area (Å²) in [5.41, 5.74) is 0. The van der Waals surface area contributed by atoms with Crippen LogP contribution in [0.1, 0.15) is 0 Å². The number of hydrogen-bond acceptors (Lipinski definition) is 6. The summed E-state index contributed by atoms with van der Waals surface area (Å²) in [6, 6.07) is 0. The van der Waals surface area contributed by atoms with Gasteiger partial charge >= 0.3 is 0 Å². The summed E-state index contributed by atoms with van der Waals surface area (Å²) >= 11 is 5.63. The molecule has 2 rings (SSSR count). The fraction of sp³-hybridized carbons (Fsp3) is 0.286. The molecule has 1 N–H and O–H groups in total. The molecule has 2 aromatic rings. The minimum atomic E-state index is -2.51. The third-order valence-electron chi connectivity index (χ3n) is 1.63. The van der Waals surface area contributed by atoms with Gasteiger partial charge in [0.1, 0.15) is 12.7 Å². The highest BCUT2D eigenvalue weighted by Crippen LogP contribution is 2.08. The molecule has 0 unspecified atom stereocenters. The van der Waals surface area contributed by atoms with E-state index in [1.165, 1.54) is 17.3 Å². The molecule has 0 atom stereocenters. The maximum Gasteiger partial charge on any atom is 0.258 e. The molecular weight excluding hydrogens is 256 g/mol. The quantitative estimate of drug-likeness (QED) is 0.876. The zero-order valence-corrected chi connectivity index (χ0v) is 9.01. The van der Waals surface area contributed by atoms with Crippen LogP contribution in [0, 0.1) is 0 Å². The van der Waals surface area contributed by atoms with Crippen molar-refractivity contribution in [3.05, 3.63) is 17.9 Å². The Morgan fingerprint density at radius 1 is 1.35 bits per heavy atom. The summed E-state index contributed by atoms with van der Waals surface area (Å²) in [6.07, 6.45) is 0.118. The molecule has 0 fully saturated rings. The Balaban J connectivity index is 2.24. The molecule has 2 heterocycles. The molecule has 0 saturated carbocycles. The summed E-state index contributed by atoms with van der Waals surface area (Å²) in [6.45, 7) is -0.572. The monoisotopic (exact) mass is 261 g/mol. The molecule has 0 aliphatic heterocycles. The second-order valence-corrected chi connectivity index (χ2v) is 3.18. The predicted molar refractivity (Wildman–Crippen MR) is 54.2 cm³/mol. The van der Waals surface area contributed by atoms with Crippen LogP contribution in [-0.2, 0) is 0 Å². The minimum Gasteiger partial charge on any atom is -0.348 e. The highest BCUT2D eigenvalue weighted by Gasteiger charge is 2.09. The number of rotatable bonds is 4. The molecular formula is C7H6ClF2N7. The Morgan fingerprint density at radius 3 is 2.82 bits per heavy atom. The fourth-order valence-electron chi connectivity index (χ4n) is 1.00. The van der Waals surface area contributed by atoms with E-state index in [2.05, 4.69) is 30.4 Å². The molecule has 10 heteroatoms. The second kappa shape index (κ2) is 4.95. The first-order valence-electron chi connectivity index (χ1n) is 4.44. The van der Waals surface area contributed by atoms with Crippen LogP contribution in [0.5, 0.6) is 0 Å². The van der Waals surface area contributed by atoms with Crippen molar-refractivity contribution in [1.29, 1.82) is 0 Å². The van der Waals surface area contributed by atoms with Crippen molar-refractivity contribution in [2.45, 2.75) is 6.43 Å². The van der Waals surface area contributed by atoms with Crippen LogP contribution < -0.4 is 5.32 Å². The number of hydrogen-bond donors (Lipinski definition) is 1. The number of nitrogens with zero attached hydrogens (tertiary/aromatic N) is 6. The Labute approximate surface area is 98.9 Å². The number of alkyl halides is 2. The molecule has 0 aliphatic rings. The lowest BCUT2D eigenvalue weighted by atomic mass is 10.7. The van der Waals surface area contributed by atoms with Crippen molar-refractivity contribution < 1.29 is 8.78 Å². The van der Waals surface area contributed by atoms with E-state index in [4.69, 9.17) is 11.6 Å². The zero-order valence-electron chi connectivity index (χ0n) is 8.26. The van der Waals surface area contributed by atoms with Gasteiger partial charge in [-0.15, -0.1) is 0 Å². The molecule has 2 aromatic heterocycles. The van der Waals surface area contributed by atoms with Gasteiger partial charge in [-0.25, -0.2) is 13.8 Å². The van der Waals surface area contributed by atoms with E-state index in [0.717, 1.165) is 0 Å². The fourth-order valence-corrected chi connectivity index (χ4v) is 1.16. The Kier molecular flexibility index (Phi) is 3.38. The molecule has 0 bridgehead atoms. The molecule has 0 amide bonds. The highest BCUT2D eigenvalue weighted by molar-refractivity contribution is 6.28. The van der Waals surface area contributed by atoms with E-state index in [0.29, 0.717) is 0 Å². The largest absolute Gasteiger partial charge is 0.348 e. The van der Waals surface area contributed by atoms with Crippen LogP contribution in [0.3, 0.4) is 0 Å². The van der Waals surface area contributed by atoms with Crippen molar-refractivity contribution in [3.63, 3.8) is 0 Å². The molecule has 17 heavy (non-hydrogen) atoms. The average molecular weight is 262 g/mol. The van der Waals surface area contributed by atoms with Gasteiger partial charge in [0.05, 0.1) is 6.54 Å². The van der Waals surface area contributed by atoms with E-state index in [9.17, 15) is 8.78 Å². The standard InChI is InChI=1S/C7H6ClF2N7/c8-5-14-6(12-1-4(9)10)16-7(15-5)17-3-11-2-13-17/h2-4H,1H2,(H,12,14,15,16). The van der Waals surface area contributed by atoms with Crippen molar-refractivity contribution >= 4 is 17.5 Å². The van der Waals surface area contributed by atoms with E-state index >= 15 is 0 Å². The number of anilines is 1. The average Bonchev–Trinajstić information content (AvgIpc) is 2.79. The van der Waals surface area contributed by atoms with Gasteiger partial charge in [0.2, 0.25) is 11.2 Å². The number of halogens is 3. The summed E-state index contributed by atoms with van der Waals surface area (Å²) < 4.78 is 25.2. The van der Waals surface area contributed by atoms with Crippen molar-refractivity contribution in [2.75, 3.05) is 11.9 Å². The topological polar surface area (TPSA) is 81.4 Å². The Hall–Kier alpha value is -1.90. The lowest BCUT2D eigenvalue weighted by Gasteiger charge is -2.05. The predicted octanol–water partition coefficient (Wildman–Crippen LogP) is 0.783. The number of aromatic nitrogens is 6. The third kappa shape index (κ3) is 3.03. The van der Waals surface area contributed by atoms with Crippen molar-refractivity contribution in [1.82, 2.24) is 29.7 Å². The van der Waals surface area contributed by atoms with Crippen LogP contribution in [0.25, 0.3) is 5.95 Å². The van der Waals surface area contributed by atoms with Crippen LogP contribution in [-0.4, -0.2) is 42.7 Å². The number of nitrogens with one attached hydrogen (secondary N) is 1.